The van der Waals surface area contributed by atoms with Crippen LogP contribution in [0.3, 0.4) is 0 Å². The van der Waals surface area contributed by atoms with Crippen LogP contribution in [0.2, 0.25) is 0 Å². The van der Waals surface area contributed by atoms with Gasteiger partial charge in [-0.05, 0) is 30.2 Å². The van der Waals surface area contributed by atoms with Crippen molar-refractivity contribution in [1.82, 2.24) is 0 Å². The number of hydrogen-bond acceptors (Lipinski definition) is 5. The highest BCUT2D eigenvalue weighted by atomic mass is 16.6. The van der Waals surface area contributed by atoms with Gasteiger partial charge in [-0.15, -0.1) is 0 Å². The third-order valence-electron chi connectivity index (χ3n) is 3.35. The monoisotopic (exact) mass is 302 g/mol. The molecule has 0 amide bonds. The van der Waals surface area contributed by atoms with Crippen molar-refractivity contribution in [3.05, 3.63) is 63.7 Å². The second kappa shape index (κ2) is 6.91. The van der Waals surface area contributed by atoms with Crippen LogP contribution in [0.5, 0.6) is 5.75 Å². The summed E-state index contributed by atoms with van der Waals surface area (Å²) in [5.41, 5.74) is 2.12. The van der Waals surface area contributed by atoms with Crippen molar-refractivity contribution in [2.75, 3.05) is 12.4 Å². The minimum absolute atomic E-state index is 0.0781. The molecule has 1 unspecified atom stereocenters. The average Bonchev–Trinajstić information content (AvgIpc) is 2.52. The predicted molar refractivity (Wildman–Crippen MR) is 84.1 cm³/mol. The van der Waals surface area contributed by atoms with Crippen molar-refractivity contribution in [1.29, 1.82) is 0 Å². The Bertz CT molecular complexity index is 654. The van der Waals surface area contributed by atoms with Gasteiger partial charge < -0.3 is 15.2 Å². The number of aliphatic hydroxyl groups excluding tert-OH is 1. The number of nitrogens with zero attached hydrogens (tertiary/aromatic N) is 1. The fraction of sp³-hybridized carbons (Fsp3) is 0.250. The predicted octanol–water partition coefficient (Wildman–Crippen LogP) is 3.27. The Morgan fingerprint density at radius 1 is 1.27 bits per heavy atom. The second-order valence-corrected chi connectivity index (χ2v) is 4.88. The van der Waals surface area contributed by atoms with Crippen LogP contribution in [0.25, 0.3) is 0 Å². The zero-order valence-electron chi connectivity index (χ0n) is 12.4. The summed E-state index contributed by atoms with van der Waals surface area (Å²) >= 11 is 0. The summed E-state index contributed by atoms with van der Waals surface area (Å²) in [6.07, 6.45) is -0.513. The Balaban J connectivity index is 2.16. The summed E-state index contributed by atoms with van der Waals surface area (Å²) in [7, 11) is 1.40. The molecule has 2 rings (SSSR count). The van der Waals surface area contributed by atoms with Gasteiger partial charge in [0.15, 0.2) is 5.75 Å². The molecule has 6 heteroatoms. The van der Waals surface area contributed by atoms with Crippen LogP contribution in [-0.4, -0.2) is 17.1 Å². The van der Waals surface area contributed by atoms with Crippen LogP contribution in [0, 0.1) is 10.1 Å². The number of nitro groups is 1. The molecule has 0 aliphatic carbocycles. The maximum atomic E-state index is 11.2. The fourth-order valence-corrected chi connectivity index (χ4v) is 2.13. The van der Waals surface area contributed by atoms with Crippen LogP contribution in [0.15, 0.2) is 42.5 Å². The number of benzene rings is 2. The lowest BCUT2D eigenvalue weighted by Crippen LogP contribution is -2.04. The Labute approximate surface area is 128 Å². The van der Waals surface area contributed by atoms with Gasteiger partial charge in [0.1, 0.15) is 5.69 Å². The summed E-state index contributed by atoms with van der Waals surface area (Å²) in [5.74, 6) is 0.222. The number of para-hydroxylation sites is 1. The van der Waals surface area contributed by atoms with E-state index in [1.54, 1.807) is 25.1 Å². The summed E-state index contributed by atoms with van der Waals surface area (Å²) < 4.78 is 5.03. The molecule has 0 saturated carbocycles. The van der Waals surface area contributed by atoms with E-state index in [-0.39, 0.29) is 11.4 Å². The van der Waals surface area contributed by atoms with E-state index in [0.717, 1.165) is 11.1 Å². The zero-order chi connectivity index (χ0) is 16.1. The first-order chi connectivity index (χ1) is 10.5. The average molecular weight is 302 g/mol. The topological polar surface area (TPSA) is 84.6 Å². The van der Waals surface area contributed by atoms with Crippen molar-refractivity contribution in [3.8, 4) is 5.75 Å². The van der Waals surface area contributed by atoms with E-state index >= 15 is 0 Å². The number of anilines is 1. The third kappa shape index (κ3) is 3.53. The van der Waals surface area contributed by atoms with Gasteiger partial charge in [0.25, 0.3) is 0 Å². The van der Waals surface area contributed by atoms with Gasteiger partial charge in [0, 0.05) is 6.54 Å². The van der Waals surface area contributed by atoms with Crippen LogP contribution in [0.1, 0.15) is 24.2 Å². The van der Waals surface area contributed by atoms with Crippen LogP contribution in [0.4, 0.5) is 11.4 Å². The first kappa shape index (κ1) is 15.8. The Morgan fingerprint density at radius 3 is 2.50 bits per heavy atom. The second-order valence-electron chi connectivity index (χ2n) is 4.88. The van der Waals surface area contributed by atoms with Gasteiger partial charge in [-0.3, -0.25) is 10.1 Å². The molecular formula is C16H18N2O4. The van der Waals surface area contributed by atoms with Crippen molar-refractivity contribution in [3.63, 3.8) is 0 Å². The molecule has 0 aromatic heterocycles. The zero-order valence-corrected chi connectivity index (χ0v) is 12.4. The van der Waals surface area contributed by atoms with E-state index < -0.39 is 11.0 Å². The van der Waals surface area contributed by atoms with Gasteiger partial charge >= 0.3 is 5.69 Å². The minimum atomic E-state index is -0.513. The largest absolute Gasteiger partial charge is 0.490 e. The van der Waals surface area contributed by atoms with Gasteiger partial charge in [-0.2, -0.15) is 0 Å². The standard InChI is InChI=1S/C16H18N2O4/c1-11(19)13-8-6-12(7-9-13)10-17-14-4-3-5-15(22-2)16(14)18(20)21/h3-9,11,17,19H,10H2,1-2H3. The van der Waals surface area contributed by atoms with Gasteiger partial charge in [-0.25, -0.2) is 0 Å². The van der Waals surface area contributed by atoms with Crippen molar-refractivity contribution >= 4 is 11.4 Å². The molecule has 116 valence electrons. The Morgan fingerprint density at radius 2 is 1.95 bits per heavy atom. The Hall–Kier alpha value is -2.60. The number of rotatable bonds is 6. The highest BCUT2D eigenvalue weighted by molar-refractivity contribution is 5.68. The summed E-state index contributed by atoms with van der Waals surface area (Å²) in [4.78, 5) is 10.7. The quantitative estimate of drug-likeness (QED) is 0.632. The molecule has 6 nitrogen and oxygen atoms in total. The molecule has 0 fully saturated rings. The van der Waals surface area contributed by atoms with Gasteiger partial charge in [0.2, 0.25) is 0 Å². The normalized spacial score (nSPS) is 11.8. The lowest BCUT2D eigenvalue weighted by Gasteiger charge is -2.10. The maximum absolute atomic E-state index is 11.2. The molecule has 0 aliphatic heterocycles. The molecule has 0 saturated heterocycles. The van der Waals surface area contributed by atoms with E-state index in [1.807, 2.05) is 24.3 Å². The van der Waals surface area contributed by atoms with Crippen LogP contribution >= 0.6 is 0 Å². The molecule has 2 aromatic carbocycles. The molecule has 0 radical (unpaired) electrons. The van der Waals surface area contributed by atoms with Crippen molar-refractivity contribution in [2.24, 2.45) is 0 Å². The fourth-order valence-electron chi connectivity index (χ4n) is 2.13. The first-order valence-corrected chi connectivity index (χ1v) is 6.85. The number of nitrogens with one attached hydrogen (secondary N) is 1. The lowest BCUT2D eigenvalue weighted by atomic mass is 10.1. The maximum Gasteiger partial charge on any atom is 0.333 e. The minimum Gasteiger partial charge on any atom is -0.490 e. The molecular weight excluding hydrogens is 284 g/mol. The summed E-state index contributed by atoms with van der Waals surface area (Å²) in [6.45, 7) is 2.14. The molecule has 2 N–H and O–H groups in total. The summed E-state index contributed by atoms with van der Waals surface area (Å²) in [5, 5.41) is 23.7. The van der Waals surface area contributed by atoms with E-state index in [1.165, 1.54) is 7.11 Å². The smallest absolute Gasteiger partial charge is 0.333 e. The molecule has 0 aliphatic rings. The molecule has 1 atom stereocenters. The number of hydrogen-bond donors (Lipinski definition) is 2. The third-order valence-corrected chi connectivity index (χ3v) is 3.35. The van der Waals surface area contributed by atoms with Gasteiger partial charge in [0.05, 0.1) is 18.1 Å². The molecule has 0 spiro atoms. The van der Waals surface area contributed by atoms with Crippen molar-refractivity contribution in [2.45, 2.75) is 19.6 Å². The van der Waals surface area contributed by atoms with E-state index in [2.05, 4.69) is 5.32 Å². The Kier molecular flexibility index (Phi) is 4.95. The summed E-state index contributed by atoms with van der Waals surface area (Å²) in [6, 6.07) is 12.3. The highest BCUT2D eigenvalue weighted by Crippen LogP contribution is 2.34. The van der Waals surface area contributed by atoms with Crippen LogP contribution < -0.4 is 10.1 Å². The first-order valence-electron chi connectivity index (χ1n) is 6.85. The SMILES string of the molecule is COc1cccc(NCc2ccc(C(C)O)cc2)c1[N+](=O)[O-]. The number of aliphatic hydroxyl groups is 1. The molecule has 22 heavy (non-hydrogen) atoms. The number of methoxy groups -OCH3 is 1. The molecule has 0 bridgehead atoms. The highest BCUT2D eigenvalue weighted by Gasteiger charge is 2.20. The van der Waals surface area contributed by atoms with E-state index in [9.17, 15) is 15.2 Å². The molecule has 0 heterocycles. The van der Waals surface area contributed by atoms with Crippen molar-refractivity contribution < 1.29 is 14.8 Å². The lowest BCUT2D eigenvalue weighted by molar-refractivity contribution is -0.384. The molecule has 2 aromatic rings. The number of nitro benzene ring substituents is 1. The number of ether oxygens (including phenoxy) is 1. The van der Waals surface area contributed by atoms with E-state index in [0.29, 0.717) is 12.2 Å². The van der Waals surface area contributed by atoms with Crippen LogP contribution in [-0.2, 0) is 6.54 Å². The van der Waals surface area contributed by atoms with E-state index in [4.69, 9.17) is 4.74 Å². The van der Waals surface area contributed by atoms with Gasteiger partial charge in [-0.1, -0.05) is 30.3 Å².